The third-order valence-corrected chi connectivity index (χ3v) is 11.0. The van der Waals surface area contributed by atoms with Gasteiger partial charge in [0.25, 0.3) is 0 Å². The SMILES string of the molecule is CC(C)C(=O)[C@@H]1[C@H](C(C)C)CCN1C(C)C.CC(C)CO[C@@H]1CCN(C(C)C)[C@@H]1C(=O)C(C)C.CC(C)CO[C@H]1CCN(C(C)C)[C@@H]1C(=O)C(C)C. The Labute approximate surface area is 321 Å². The predicted octanol–water partition coefficient (Wildman–Crippen LogP) is 8.44. The molecule has 0 unspecified atom stereocenters. The summed E-state index contributed by atoms with van der Waals surface area (Å²) >= 11 is 0. The standard InChI is InChI=1S/2C15H29NO2.C14H27NO/c2*1-10(2)9-18-13-7-8-16(12(5)6)14(13)15(17)11(3)4;1-9(2)12-7-8-15(11(5)6)13(12)14(16)10(3)4/h2*10-14H,7-9H2,1-6H3;9-13H,7-8H2,1-6H3/t13-,14+;13-,14-;12-,13-/m100/s1. The summed E-state index contributed by atoms with van der Waals surface area (Å²) in [5, 5.41) is 0. The molecule has 0 aromatic heterocycles. The van der Waals surface area contributed by atoms with E-state index in [-0.39, 0.29) is 48.1 Å². The summed E-state index contributed by atoms with van der Waals surface area (Å²) in [6.45, 7) is 42.6. The molecule has 0 saturated carbocycles. The molecule has 0 aliphatic carbocycles. The lowest BCUT2D eigenvalue weighted by atomic mass is 9.83. The topological polar surface area (TPSA) is 79.4 Å². The zero-order valence-corrected chi connectivity index (χ0v) is 37.2. The van der Waals surface area contributed by atoms with E-state index in [1.165, 1.54) is 6.42 Å². The zero-order valence-electron chi connectivity index (χ0n) is 37.2. The molecule has 0 amide bonds. The Morgan fingerprint density at radius 3 is 1.02 bits per heavy atom. The maximum Gasteiger partial charge on any atom is 0.155 e. The summed E-state index contributed by atoms with van der Waals surface area (Å²) in [5.74, 6) is 3.62. The number of ketones is 3. The lowest BCUT2D eigenvalue weighted by Crippen LogP contribution is -2.47. The summed E-state index contributed by atoms with van der Waals surface area (Å²) in [4.78, 5) is 44.1. The highest BCUT2D eigenvalue weighted by Crippen LogP contribution is 2.34. The van der Waals surface area contributed by atoms with Crippen LogP contribution >= 0.6 is 0 Å². The number of Topliss-reactive ketones (excluding diaryl/α,β-unsaturated/α-hetero) is 3. The van der Waals surface area contributed by atoms with Crippen LogP contribution in [0.15, 0.2) is 0 Å². The molecule has 0 spiro atoms. The van der Waals surface area contributed by atoms with E-state index in [0.29, 0.717) is 59.1 Å². The summed E-state index contributed by atoms with van der Waals surface area (Å²) in [6.07, 6.45) is 3.32. The summed E-state index contributed by atoms with van der Waals surface area (Å²) in [6, 6.07) is 1.39. The molecule has 3 aliphatic heterocycles. The normalized spacial score (nSPS) is 26.1. The van der Waals surface area contributed by atoms with Crippen LogP contribution in [-0.2, 0) is 23.9 Å². The highest BCUT2D eigenvalue weighted by atomic mass is 16.5. The molecule has 0 bridgehead atoms. The van der Waals surface area contributed by atoms with Crippen LogP contribution in [0.5, 0.6) is 0 Å². The number of carbonyl (C=O) groups excluding carboxylic acids is 3. The van der Waals surface area contributed by atoms with Crippen molar-refractivity contribution in [3.63, 3.8) is 0 Å². The van der Waals surface area contributed by atoms with Crippen molar-refractivity contribution < 1.29 is 23.9 Å². The van der Waals surface area contributed by atoms with E-state index in [1.54, 1.807) is 0 Å². The molecule has 3 fully saturated rings. The number of likely N-dealkylation sites (tertiary alicyclic amines) is 3. The van der Waals surface area contributed by atoms with E-state index in [4.69, 9.17) is 9.47 Å². The van der Waals surface area contributed by atoms with Gasteiger partial charge in [0.1, 0.15) is 0 Å². The molecule has 0 radical (unpaired) electrons. The van der Waals surface area contributed by atoms with E-state index in [1.807, 2.05) is 41.5 Å². The minimum Gasteiger partial charge on any atom is -0.376 e. The quantitative estimate of drug-likeness (QED) is 0.156. The van der Waals surface area contributed by atoms with Crippen LogP contribution in [0.2, 0.25) is 0 Å². The van der Waals surface area contributed by atoms with Gasteiger partial charge in [-0.25, -0.2) is 0 Å². The molecule has 3 aliphatic rings. The lowest BCUT2D eigenvalue weighted by molar-refractivity contribution is -0.132. The first-order valence-electron chi connectivity index (χ1n) is 21.2. The van der Waals surface area contributed by atoms with Crippen LogP contribution in [0.4, 0.5) is 0 Å². The molecule has 8 heteroatoms. The van der Waals surface area contributed by atoms with Gasteiger partial charge in [-0.3, -0.25) is 29.1 Å². The van der Waals surface area contributed by atoms with Crippen molar-refractivity contribution in [2.24, 2.45) is 41.4 Å². The highest BCUT2D eigenvalue weighted by molar-refractivity contribution is 5.87. The molecule has 52 heavy (non-hydrogen) atoms. The van der Waals surface area contributed by atoms with E-state index < -0.39 is 0 Å². The summed E-state index contributed by atoms with van der Waals surface area (Å²) in [5.41, 5.74) is 0. The Balaban J connectivity index is 0.000000391. The first-order chi connectivity index (χ1) is 24.0. The molecule has 3 saturated heterocycles. The molecule has 0 aromatic carbocycles. The van der Waals surface area contributed by atoms with Crippen molar-refractivity contribution in [1.29, 1.82) is 0 Å². The number of rotatable bonds is 16. The molecular weight excluding hydrogens is 651 g/mol. The average molecular weight is 736 g/mol. The first kappa shape index (κ1) is 48.8. The summed E-state index contributed by atoms with van der Waals surface area (Å²) in [7, 11) is 0. The van der Waals surface area contributed by atoms with Gasteiger partial charge in [0.15, 0.2) is 17.3 Å². The molecule has 6 atom stereocenters. The van der Waals surface area contributed by atoms with Gasteiger partial charge >= 0.3 is 0 Å². The van der Waals surface area contributed by atoms with Crippen molar-refractivity contribution in [1.82, 2.24) is 14.7 Å². The molecule has 306 valence electrons. The number of nitrogens with zero attached hydrogens (tertiary/aromatic N) is 3. The van der Waals surface area contributed by atoms with Crippen molar-refractivity contribution in [2.45, 2.75) is 192 Å². The van der Waals surface area contributed by atoms with Crippen LogP contribution in [0.25, 0.3) is 0 Å². The van der Waals surface area contributed by atoms with E-state index in [9.17, 15) is 14.4 Å². The smallest absolute Gasteiger partial charge is 0.155 e. The minimum absolute atomic E-state index is 0.0382. The maximum absolute atomic E-state index is 12.4. The molecule has 3 heterocycles. The fourth-order valence-electron chi connectivity index (χ4n) is 7.92. The van der Waals surface area contributed by atoms with E-state index >= 15 is 0 Å². The first-order valence-corrected chi connectivity index (χ1v) is 21.2. The van der Waals surface area contributed by atoms with Crippen LogP contribution in [0.3, 0.4) is 0 Å². The van der Waals surface area contributed by atoms with Gasteiger partial charge in [0, 0.05) is 62.2 Å². The third-order valence-electron chi connectivity index (χ3n) is 11.0. The number of hydrogen-bond donors (Lipinski definition) is 0. The Morgan fingerprint density at radius 2 is 0.750 bits per heavy atom. The largest absolute Gasteiger partial charge is 0.376 e. The molecule has 0 aromatic rings. The van der Waals surface area contributed by atoms with E-state index in [2.05, 4.69) is 97.8 Å². The number of carbonyl (C=O) groups is 3. The van der Waals surface area contributed by atoms with Gasteiger partial charge in [-0.1, -0.05) is 83.1 Å². The van der Waals surface area contributed by atoms with Crippen LogP contribution in [0.1, 0.15) is 144 Å². The zero-order chi connectivity index (χ0) is 40.2. The van der Waals surface area contributed by atoms with Gasteiger partial charge in [0.2, 0.25) is 0 Å². The Hall–Kier alpha value is -1.19. The monoisotopic (exact) mass is 736 g/mol. The van der Waals surface area contributed by atoms with Crippen LogP contribution < -0.4 is 0 Å². The summed E-state index contributed by atoms with van der Waals surface area (Å²) < 4.78 is 11.9. The van der Waals surface area contributed by atoms with E-state index in [0.717, 1.165) is 45.7 Å². The van der Waals surface area contributed by atoms with Crippen molar-refractivity contribution in [3.8, 4) is 0 Å². The van der Waals surface area contributed by atoms with Crippen LogP contribution in [0, 0.1) is 41.4 Å². The second kappa shape index (κ2) is 23.0. The fraction of sp³-hybridized carbons (Fsp3) is 0.932. The second-order valence-electron chi connectivity index (χ2n) is 18.8. The Morgan fingerprint density at radius 1 is 0.462 bits per heavy atom. The third kappa shape index (κ3) is 14.5. The number of hydrogen-bond acceptors (Lipinski definition) is 8. The Kier molecular flexibility index (Phi) is 21.6. The highest BCUT2D eigenvalue weighted by Gasteiger charge is 2.44. The Bertz CT molecular complexity index is 980. The minimum atomic E-state index is -0.0382. The van der Waals surface area contributed by atoms with Crippen molar-refractivity contribution in [3.05, 3.63) is 0 Å². The van der Waals surface area contributed by atoms with Crippen LogP contribution in [-0.4, -0.2) is 113 Å². The van der Waals surface area contributed by atoms with Gasteiger partial charge in [0.05, 0.1) is 30.3 Å². The molecule has 8 nitrogen and oxygen atoms in total. The fourth-order valence-corrected chi connectivity index (χ4v) is 7.92. The van der Waals surface area contributed by atoms with Gasteiger partial charge in [-0.15, -0.1) is 0 Å². The van der Waals surface area contributed by atoms with Crippen molar-refractivity contribution >= 4 is 17.3 Å². The van der Waals surface area contributed by atoms with Gasteiger partial charge in [-0.2, -0.15) is 0 Å². The van der Waals surface area contributed by atoms with Gasteiger partial charge < -0.3 is 9.47 Å². The number of ether oxygens (including phenoxy) is 2. The predicted molar refractivity (Wildman–Crippen MR) is 218 cm³/mol. The second-order valence-corrected chi connectivity index (χ2v) is 18.8. The van der Waals surface area contributed by atoms with Crippen molar-refractivity contribution in [2.75, 3.05) is 32.8 Å². The maximum atomic E-state index is 12.4. The average Bonchev–Trinajstić information content (AvgIpc) is 3.79. The van der Waals surface area contributed by atoms with Gasteiger partial charge in [-0.05, 0) is 91.0 Å². The molecular formula is C44H85N3O5. The molecule has 3 rings (SSSR count). The molecule has 0 N–H and O–H groups in total. The lowest BCUT2D eigenvalue weighted by Gasteiger charge is -2.32.